The fraction of sp³-hybridized carbons (Fsp3) is 0.227. The van der Waals surface area contributed by atoms with Crippen LogP contribution in [-0.4, -0.2) is 34.2 Å². The van der Waals surface area contributed by atoms with Crippen molar-refractivity contribution >= 4 is 40.6 Å². The first-order valence-electron chi connectivity index (χ1n) is 9.83. The highest BCUT2D eigenvalue weighted by Crippen LogP contribution is 2.39. The van der Waals surface area contributed by atoms with Gasteiger partial charge in [-0.2, -0.15) is 0 Å². The number of carbonyl (C=O) groups excluding carboxylic acids is 2. The molecule has 0 spiro atoms. The standard InChI is InChI=1S/C22H22ClN5O2/c23-10-12-25-22(30)28-18-13-14(9-11-24-18)20-21(26-15-5-2-1-3-6-15)19-16(27-20)7-4-8-17(19)29/h1-3,5-6,9,11,13,26-27H,4,7-8,10,12H2,(H2,24,25,28,30). The number of nitrogens with one attached hydrogen (secondary N) is 4. The number of urea groups is 1. The van der Waals surface area contributed by atoms with Gasteiger partial charge >= 0.3 is 6.03 Å². The van der Waals surface area contributed by atoms with E-state index in [1.807, 2.05) is 36.4 Å². The lowest BCUT2D eigenvalue weighted by molar-refractivity contribution is 0.0973. The molecule has 0 saturated heterocycles. The van der Waals surface area contributed by atoms with Gasteiger partial charge < -0.3 is 15.6 Å². The molecule has 0 atom stereocenters. The van der Waals surface area contributed by atoms with Gasteiger partial charge in [-0.15, -0.1) is 11.6 Å². The van der Waals surface area contributed by atoms with Crippen LogP contribution < -0.4 is 16.0 Å². The van der Waals surface area contributed by atoms with Crippen LogP contribution >= 0.6 is 11.6 Å². The van der Waals surface area contributed by atoms with E-state index in [0.717, 1.165) is 41.2 Å². The number of H-pyrrole nitrogens is 1. The summed E-state index contributed by atoms with van der Waals surface area (Å²) in [4.78, 5) is 32.3. The van der Waals surface area contributed by atoms with Gasteiger partial charge in [0.2, 0.25) is 0 Å². The summed E-state index contributed by atoms with van der Waals surface area (Å²) < 4.78 is 0. The summed E-state index contributed by atoms with van der Waals surface area (Å²) in [5.41, 5.74) is 4.91. The number of anilines is 3. The van der Waals surface area contributed by atoms with Gasteiger partial charge in [0.1, 0.15) is 5.82 Å². The molecular weight excluding hydrogens is 402 g/mol. The summed E-state index contributed by atoms with van der Waals surface area (Å²) in [7, 11) is 0. The maximum absolute atomic E-state index is 12.7. The molecule has 0 radical (unpaired) electrons. The summed E-state index contributed by atoms with van der Waals surface area (Å²) in [5.74, 6) is 0.867. The molecular formula is C22H22ClN5O2. The third-order valence-corrected chi connectivity index (χ3v) is 5.09. The third kappa shape index (κ3) is 4.31. The quantitative estimate of drug-likeness (QED) is 0.432. The minimum absolute atomic E-state index is 0.130. The zero-order valence-corrected chi connectivity index (χ0v) is 17.1. The zero-order valence-electron chi connectivity index (χ0n) is 16.3. The van der Waals surface area contributed by atoms with Gasteiger partial charge in [0.25, 0.3) is 0 Å². The Morgan fingerprint density at radius 2 is 2.00 bits per heavy atom. The number of carbonyl (C=O) groups is 2. The van der Waals surface area contributed by atoms with E-state index < -0.39 is 0 Å². The fourth-order valence-corrected chi connectivity index (χ4v) is 3.68. The number of Topliss-reactive ketones (excluding diaryl/α,β-unsaturated/α-hetero) is 1. The van der Waals surface area contributed by atoms with Crippen LogP contribution in [0.5, 0.6) is 0 Å². The second kappa shape index (κ2) is 9.00. The Balaban J connectivity index is 1.71. The number of fused-ring (bicyclic) bond motifs is 1. The molecule has 2 aromatic heterocycles. The lowest BCUT2D eigenvalue weighted by Crippen LogP contribution is -2.30. The molecule has 7 nitrogen and oxygen atoms in total. The molecule has 0 saturated carbocycles. The number of aromatic nitrogens is 2. The van der Waals surface area contributed by atoms with Crippen LogP contribution in [0.1, 0.15) is 28.9 Å². The summed E-state index contributed by atoms with van der Waals surface area (Å²) in [6.07, 6.45) is 3.82. The van der Waals surface area contributed by atoms with Gasteiger partial charge in [0.05, 0.1) is 16.9 Å². The van der Waals surface area contributed by atoms with Crippen LogP contribution in [0.15, 0.2) is 48.7 Å². The maximum atomic E-state index is 12.7. The number of rotatable bonds is 6. The van der Waals surface area contributed by atoms with E-state index in [4.69, 9.17) is 11.6 Å². The number of pyridine rings is 1. The van der Waals surface area contributed by atoms with Crippen molar-refractivity contribution in [3.8, 4) is 11.3 Å². The number of amides is 2. The first-order chi connectivity index (χ1) is 14.7. The van der Waals surface area contributed by atoms with E-state index >= 15 is 0 Å². The molecule has 2 heterocycles. The molecule has 154 valence electrons. The van der Waals surface area contributed by atoms with E-state index in [2.05, 4.69) is 25.9 Å². The number of hydrogen-bond acceptors (Lipinski definition) is 4. The number of aromatic amines is 1. The average molecular weight is 424 g/mol. The van der Waals surface area contributed by atoms with Crippen LogP contribution in [0.2, 0.25) is 0 Å². The molecule has 0 bridgehead atoms. The molecule has 2 amide bonds. The second-order valence-electron chi connectivity index (χ2n) is 7.00. The van der Waals surface area contributed by atoms with E-state index in [1.54, 1.807) is 12.3 Å². The van der Waals surface area contributed by atoms with Crippen LogP contribution in [0, 0.1) is 0 Å². The first kappa shape index (κ1) is 20.0. The van der Waals surface area contributed by atoms with E-state index in [1.165, 1.54) is 0 Å². The Kier molecular flexibility index (Phi) is 5.99. The molecule has 8 heteroatoms. The molecule has 0 unspecified atom stereocenters. The molecule has 1 aliphatic carbocycles. The number of nitrogens with zero attached hydrogens (tertiary/aromatic N) is 1. The number of alkyl halides is 1. The van der Waals surface area contributed by atoms with E-state index in [0.29, 0.717) is 30.2 Å². The minimum Gasteiger partial charge on any atom is -0.356 e. The minimum atomic E-state index is -0.371. The van der Waals surface area contributed by atoms with Crippen molar-refractivity contribution in [2.24, 2.45) is 0 Å². The van der Waals surface area contributed by atoms with Crippen molar-refractivity contribution in [3.63, 3.8) is 0 Å². The number of para-hydroxylation sites is 1. The molecule has 1 aliphatic rings. The number of aryl methyl sites for hydroxylation is 1. The van der Waals surface area contributed by atoms with E-state index in [-0.39, 0.29) is 11.8 Å². The Bertz CT molecular complexity index is 1060. The number of ketones is 1. The van der Waals surface area contributed by atoms with Crippen LogP contribution in [0.4, 0.5) is 22.0 Å². The molecule has 4 rings (SSSR count). The molecule has 1 aromatic carbocycles. The average Bonchev–Trinajstić information content (AvgIpc) is 3.13. The van der Waals surface area contributed by atoms with Crippen molar-refractivity contribution in [2.45, 2.75) is 19.3 Å². The Labute approximate surface area is 179 Å². The molecule has 0 fully saturated rings. The molecule has 30 heavy (non-hydrogen) atoms. The van der Waals surface area contributed by atoms with Crippen molar-refractivity contribution in [1.29, 1.82) is 0 Å². The van der Waals surface area contributed by atoms with Gasteiger partial charge in [-0.3, -0.25) is 10.1 Å². The normalized spacial score (nSPS) is 12.9. The van der Waals surface area contributed by atoms with Crippen LogP contribution in [0.3, 0.4) is 0 Å². The van der Waals surface area contributed by atoms with Crippen molar-refractivity contribution in [2.75, 3.05) is 23.1 Å². The van der Waals surface area contributed by atoms with Gasteiger partial charge in [-0.05, 0) is 37.1 Å². The monoisotopic (exact) mass is 423 g/mol. The summed E-state index contributed by atoms with van der Waals surface area (Å²) in [6, 6.07) is 13.0. The smallest absolute Gasteiger partial charge is 0.320 e. The van der Waals surface area contributed by atoms with Crippen molar-refractivity contribution in [3.05, 3.63) is 59.9 Å². The van der Waals surface area contributed by atoms with Crippen molar-refractivity contribution in [1.82, 2.24) is 15.3 Å². The van der Waals surface area contributed by atoms with Gasteiger partial charge in [0.15, 0.2) is 5.78 Å². The lowest BCUT2D eigenvalue weighted by atomic mass is 9.95. The number of halogens is 1. The number of hydrogen-bond donors (Lipinski definition) is 4. The predicted octanol–water partition coefficient (Wildman–Crippen LogP) is 4.70. The number of benzene rings is 1. The summed E-state index contributed by atoms with van der Waals surface area (Å²) in [6.45, 7) is 0.365. The van der Waals surface area contributed by atoms with Crippen molar-refractivity contribution < 1.29 is 9.59 Å². The lowest BCUT2D eigenvalue weighted by Gasteiger charge is -2.14. The second-order valence-corrected chi connectivity index (χ2v) is 7.37. The first-order valence-corrected chi connectivity index (χ1v) is 10.4. The highest BCUT2D eigenvalue weighted by molar-refractivity contribution is 6.18. The van der Waals surface area contributed by atoms with Gasteiger partial charge in [-0.1, -0.05) is 18.2 Å². The predicted molar refractivity (Wildman–Crippen MR) is 119 cm³/mol. The molecule has 0 aliphatic heterocycles. The summed E-state index contributed by atoms with van der Waals surface area (Å²) in [5, 5.41) is 8.76. The maximum Gasteiger partial charge on any atom is 0.320 e. The highest BCUT2D eigenvalue weighted by atomic mass is 35.5. The zero-order chi connectivity index (χ0) is 20.9. The van der Waals surface area contributed by atoms with Gasteiger partial charge in [-0.25, -0.2) is 9.78 Å². The SMILES string of the molecule is O=C(NCCCl)Nc1cc(-c2[nH]c3c(c2Nc2ccccc2)C(=O)CCC3)ccn1. The molecule has 3 aromatic rings. The Hall–Kier alpha value is -3.32. The molecule has 4 N–H and O–H groups in total. The topological polar surface area (TPSA) is 98.9 Å². The van der Waals surface area contributed by atoms with E-state index in [9.17, 15) is 9.59 Å². The Morgan fingerprint density at radius 3 is 2.80 bits per heavy atom. The Morgan fingerprint density at radius 1 is 1.17 bits per heavy atom. The van der Waals surface area contributed by atoms with Gasteiger partial charge in [0, 0.05) is 42.0 Å². The largest absolute Gasteiger partial charge is 0.356 e. The van der Waals surface area contributed by atoms with Crippen LogP contribution in [0.25, 0.3) is 11.3 Å². The fourth-order valence-electron chi connectivity index (χ4n) is 3.58. The van der Waals surface area contributed by atoms with Crippen LogP contribution in [-0.2, 0) is 6.42 Å². The third-order valence-electron chi connectivity index (χ3n) is 4.90. The summed E-state index contributed by atoms with van der Waals surface area (Å²) >= 11 is 5.60. The highest BCUT2D eigenvalue weighted by Gasteiger charge is 2.27.